The largest absolute Gasteiger partial charge is 0.384 e. The van der Waals surface area contributed by atoms with Gasteiger partial charge in [0, 0.05) is 24.8 Å². The number of nitrogen functional groups attached to an aromatic ring is 1. The lowest BCUT2D eigenvalue weighted by Crippen LogP contribution is -2.45. The van der Waals surface area contributed by atoms with Crippen LogP contribution < -0.4 is 10.6 Å². The molecular weight excluding hydrogens is 250 g/mol. The van der Waals surface area contributed by atoms with Gasteiger partial charge in [-0.1, -0.05) is 0 Å². The second kappa shape index (κ2) is 5.79. The molecule has 0 bridgehead atoms. The maximum Gasteiger partial charge on any atom is 0.126 e. The van der Waals surface area contributed by atoms with Crippen LogP contribution in [0.4, 0.5) is 5.69 Å². The minimum Gasteiger partial charge on any atom is -0.384 e. The topological polar surface area (TPSA) is 69.2 Å². The molecule has 1 aromatic rings. The first-order valence-electron chi connectivity index (χ1n) is 7.14. The summed E-state index contributed by atoms with van der Waals surface area (Å²) in [7, 11) is 4.26. The van der Waals surface area contributed by atoms with Gasteiger partial charge in [0.15, 0.2) is 0 Å². The van der Waals surface area contributed by atoms with Crippen LogP contribution in [0.25, 0.3) is 0 Å². The number of aromatic nitrogens is 1. The molecule has 1 fully saturated rings. The molecule has 1 atom stereocenters. The molecule has 110 valence electrons. The molecule has 0 amide bonds. The zero-order valence-corrected chi connectivity index (χ0v) is 12.9. The normalized spacial score (nSPS) is 19.4. The molecule has 1 unspecified atom stereocenters. The maximum absolute atomic E-state index is 7.84. The zero-order valence-electron chi connectivity index (χ0n) is 12.9. The van der Waals surface area contributed by atoms with Crippen molar-refractivity contribution >= 4 is 11.5 Å². The second-order valence-electron chi connectivity index (χ2n) is 5.86. The Labute approximate surface area is 121 Å². The molecular formula is C15H25N5. The van der Waals surface area contributed by atoms with Crippen molar-refractivity contribution in [2.24, 2.45) is 5.73 Å². The monoisotopic (exact) mass is 275 g/mol. The van der Waals surface area contributed by atoms with Crippen molar-refractivity contribution in [1.82, 2.24) is 9.88 Å². The Hall–Kier alpha value is -1.62. The van der Waals surface area contributed by atoms with Gasteiger partial charge in [0.05, 0.1) is 16.9 Å². The molecule has 1 aliphatic rings. The molecule has 0 saturated carbocycles. The number of amidine groups is 1. The summed E-state index contributed by atoms with van der Waals surface area (Å²) in [6.07, 6.45) is 2.39. The van der Waals surface area contributed by atoms with E-state index in [4.69, 9.17) is 11.1 Å². The van der Waals surface area contributed by atoms with Crippen molar-refractivity contribution < 1.29 is 0 Å². The van der Waals surface area contributed by atoms with Crippen molar-refractivity contribution in [3.05, 3.63) is 23.0 Å². The molecule has 5 nitrogen and oxygen atoms in total. The molecule has 0 radical (unpaired) electrons. The Bertz CT molecular complexity index is 509. The molecule has 20 heavy (non-hydrogen) atoms. The number of hydrogen-bond donors (Lipinski definition) is 2. The molecule has 3 N–H and O–H groups in total. The van der Waals surface area contributed by atoms with Crippen LogP contribution in [0.5, 0.6) is 0 Å². The molecule has 1 aliphatic heterocycles. The van der Waals surface area contributed by atoms with Gasteiger partial charge in [-0.15, -0.1) is 0 Å². The van der Waals surface area contributed by atoms with Gasteiger partial charge in [-0.2, -0.15) is 0 Å². The predicted molar refractivity (Wildman–Crippen MR) is 83.6 cm³/mol. The number of piperidine rings is 1. The summed E-state index contributed by atoms with van der Waals surface area (Å²) in [6.45, 7) is 5.93. The van der Waals surface area contributed by atoms with E-state index in [0.29, 0.717) is 6.04 Å². The highest BCUT2D eigenvalue weighted by atomic mass is 15.2. The second-order valence-corrected chi connectivity index (χ2v) is 5.86. The average Bonchev–Trinajstić information content (AvgIpc) is 2.37. The standard InChI is InChI=1S/C15H25N5/c1-10-8-13(14(15(16)17)11(2)18-10)20-7-5-6-12(9-20)19(3)4/h8,12H,5-7,9H2,1-4H3,(H3,16,17). The first-order valence-corrected chi connectivity index (χ1v) is 7.14. The highest BCUT2D eigenvalue weighted by molar-refractivity contribution is 6.01. The van der Waals surface area contributed by atoms with Crippen LogP contribution in [-0.4, -0.2) is 48.9 Å². The van der Waals surface area contributed by atoms with Crippen molar-refractivity contribution in [3.8, 4) is 0 Å². The van der Waals surface area contributed by atoms with Crippen LogP contribution in [0.1, 0.15) is 29.8 Å². The van der Waals surface area contributed by atoms with Crippen LogP contribution in [0, 0.1) is 19.3 Å². The Morgan fingerprint density at radius 3 is 2.75 bits per heavy atom. The Morgan fingerprint density at radius 2 is 2.15 bits per heavy atom. The summed E-state index contributed by atoms with van der Waals surface area (Å²) < 4.78 is 0. The molecule has 5 heteroatoms. The summed E-state index contributed by atoms with van der Waals surface area (Å²) >= 11 is 0. The van der Waals surface area contributed by atoms with Crippen LogP contribution in [0.15, 0.2) is 6.07 Å². The van der Waals surface area contributed by atoms with E-state index in [9.17, 15) is 0 Å². The van der Waals surface area contributed by atoms with Crippen molar-refractivity contribution in [1.29, 1.82) is 5.41 Å². The molecule has 0 spiro atoms. The summed E-state index contributed by atoms with van der Waals surface area (Å²) in [4.78, 5) is 9.08. The zero-order chi connectivity index (χ0) is 14.9. The highest BCUT2D eigenvalue weighted by Gasteiger charge is 2.24. The van der Waals surface area contributed by atoms with Gasteiger partial charge in [0.2, 0.25) is 0 Å². The number of likely N-dealkylation sites (N-methyl/N-ethyl adjacent to an activating group) is 1. The summed E-state index contributed by atoms with van der Waals surface area (Å²) in [6, 6.07) is 2.61. The fourth-order valence-electron chi connectivity index (χ4n) is 2.99. The number of pyridine rings is 1. The van der Waals surface area contributed by atoms with Crippen molar-refractivity contribution in [3.63, 3.8) is 0 Å². The van der Waals surface area contributed by atoms with Crippen LogP contribution in [0.2, 0.25) is 0 Å². The van der Waals surface area contributed by atoms with Gasteiger partial charge >= 0.3 is 0 Å². The smallest absolute Gasteiger partial charge is 0.126 e. The van der Waals surface area contributed by atoms with Gasteiger partial charge < -0.3 is 15.5 Å². The average molecular weight is 275 g/mol. The van der Waals surface area contributed by atoms with Crippen LogP contribution in [0.3, 0.4) is 0 Å². The van der Waals surface area contributed by atoms with Gasteiger partial charge in [-0.3, -0.25) is 10.4 Å². The number of nitrogens with zero attached hydrogens (tertiary/aromatic N) is 3. The van der Waals surface area contributed by atoms with E-state index in [2.05, 4.69) is 34.9 Å². The summed E-state index contributed by atoms with van der Waals surface area (Å²) in [5.41, 5.74) is 9.45. The molecule has 1 aromatic heterocycles. The number of nitrogens with one attached hydrogen (secondary N) is 1. The number of rotatable bonds is 3. The van der Waals surface area contributed by atoms with Gasteiger partial charge in [-0.25, -0.2) is 0 Å². The molecule has 1 saturated heterocycles. The molecule has 2 heterocycles. The number of anilines is 1. The van der Waals surface area contributed by atoms with Crippen LogP contribution in [-0.2, 0) is 0 Å². The lowest BCUT2D eigenvalue weighted by molar-refractivity contribution is 0.258. The Morgan fingerprint density at radius 1 is 1.45 bits per heavy atom. The van der Waals surface area contributed by atoms with E-state index < -0.39 is 0 Å². The summed E-state index contributed by atoms with van der Waals surface area (Å²) in [5.74, 6) is 0.108. The van der Waals surface area contributed by atoms with E-state index in [-0.39, 0.29) is 5.84 Å². The lowest BCUT2D eigenvalue weighted by Gasteiger charge is -2.38. The first-order chi connectivity index (χ1) is 9.40. The fraction of sp³-hybridized carbons (Fsp3) is 0.600. The lowest BCUT2D eigenvalue weighted by atomic mass is 10.0. The van der Waals surface area contributed by atoms with E-state index in [1.807, 2.05) is 13.8 Å². The molecule has 0 aromatic carbocycles. The predicted octanol–water partition coefficient (Wildman–Crippen LogP) is 1.51. The fourth-order valence-corrected chi connectivity index (χ4v) is 2.99. The first kappa shape index (κ1) is 14.8. The minimum absolute atomic E-state index is 0.108. The van der Waals surface area contributed by atoms with E-state index in [1.54, 1.807) is 0 Å². The van der Waals surface area contributed by atoms with Gasteiger partial charge in [0.25, 0.3) is 0 Å². The minimum atomic E-state index is 0.108. The van der Waals surface area contributed by atoms with E-state index >= 15 is 0 Å². The van der Waals surface area contributed by atoms with Crippen LogP contribution >= 0.6 is 0 Å². The Kier molecular flexibility index (Phi) is 4.28. The Balaban J connectivity index is 2.38. The van der Waals surface area contributed by atoms with Gasteiger partial charge in [0.1, 0.15) is 5.84 Å². The third-order valence-corrected chi connectivity index (χ3v) is 4.04. The van der Waals surface area contributed by atoms with E-state index in [1.165, 1.54) is 12.8 Å². The SMILES string of the molecule is Cc1cc(N2CCCC(N(C)C)C2)c(C(=N)N)c(C)n1. The van der Waals surface area contributed by atoms with Gasteiger partial charge in [-0.05, 0) is 46.9 Å². The highest BCUT2D eigenvalue weighted by Crippen LogP contribution is 2.27. The third kappa shape index (κ3) is 2.93. The van der Waals surface area contributed by atoms with Crippen molar-refractivity contribution in [2.45, 2.75) is 32.7 Å². The van der Waals surface area contributed by atoms with Crippen molar-refractivity contribution in [2.75, 3.05) is 32.1 Å². The number of hydrogen-bond acceptors (Lipinski definition) is 4. The third-order valence-electron chi connectivity index (χ3n) is 4.04. The quantitative estimate of drug-likeness (QED) is 0.648. The number of nitrogens with two attached hydrogens (primary N) is 1. The molecule has 0 aliphatic carbocycles. The summed E-state index contributed by atoms with van der Waals surface area (Å²) in [5, 5.41) is 7.84. The van der Waals surface area contributed by atoms with E-state index in [0.717, 1.165) is 35.7 Å². The number of aryl methyl sites for hydroxylation is 2. The maximum atomic E-state index is 7.84. The molecule has 2 rings (SSSR count).